The van der Waals surface area contributed by atoms with Crippen molar-refractivity contribution in [1.82, 2.24) is 15.1 Å². The number of nitrogens with zero attached hydrogens (tertiary/aromatic N) is 2. The highest BCUT2D eigenvalue weighted by molar-refractivity contribution is 5.84. The van der Waals surface area contributed by atoms with E-state index in [1.54, 1.807) is 0 Å². The molecule has 0 aromatic rings. The number of hydrogen-bond donors (Lipinski definition) is 1. The summed E-state index contributed by atoms with van der Waals surface area (Å²) in [6.07, 6.45) is 3.31. The van der Waals surface area contributed by atoms with Crippen molar-refractivity contribution in [3.63, 3.8) is 0 Å². The van der Waals surface area contributed by atoms with Gasteiger partial charge in [0.1, 0.15) is 0 Å². The molecule has 2 saturated heterocycles. The van der Waals surface area contributed by atoms with E-state index in [9.17, 15) is 4.79 Å². The summed E-state index contributed by atoms with van der Waals surface area (Å²) in [5.74, 6) is 0.248. The average Bonchev–Trinajstić information content (AvgIpc) is 2.68. The molecule has 2 aliphatic rings. The Labute approximate surface area is 116 Å². The van der Waals surface area contributed by atoms with Gasteiger partial charge in [-0.3, -0.25) is 10.1 Å². The number of ether oxygens (including phenoxy) is 1. The topological polar surface area (TPSA) is 44.8 Å². The van der Waals surface area contributed by atoms with E-state index in [1.807, 2.05) is 4.90 Å². The fourth-order valence-electron chi connectivity index (χ4n) is 2.97. The van der Waals surface area contributed by atoms with Gasteiger partial charge < -0.3 is 14.5 Å². The molecule has 2 heterocycles. The van der Waals surface area contributed by atoms with Crippen LogP contribution >= 0.6 is 0 Å². The molecule has 2 aliphatic heterocycles. The van der Waals surface area contributed by atoms with Crippen molar-refractivity contribution in [2.24, 2.45) is 0 Å². The first kappa shape index (κ1) is 14.8. The van der Waals surface area contributed by atoms with E-state index in [1.165, 1.54) is 0 Å². The molecular formula is C14H27N3O2. The van der Waals surface area contributed by atoms with Gasteiger partial charge in [-0.15, -0.1) is 0 Å². The predicted octanol–water partition coefficient (Wildman–Crippen LogP) is 0.654. The zero-order chi connectivity index (χ0) is 13.8. The van der Waals surface area contributed by atoms with Crippen LogP contribution in [0.25, 0.3) is 0 Å². The molecule has 0 radical (unpaired) electrons. The highest BCUT2D eigenvalue weighted by Crippen LogP contribution is 2.19. The van der Waals surface area contributed by atoms with Crippen LogP contribution in [0.4, 0.5) is 0 Å². The van der Waals surface area contributed by atoms with Gasteiger partial charge >= 0.3 is 0 Å². The number of nitrogens with one attached hydrogen (secondary N) is 1. The lowest BCUT2D eigenvalue weighted by atomic mass is 10.2. The standard InChI is InChI=1S/C14H27N3O2/c1-4-6-13-15-12(5-2)14(18)17(13)10-11-9-16(3)7-8-19-11/h11-13,15H,4-10H2,1-3H3. The third-order valence-electron chi connectivity index (χ3n) is 4.06. The molecule has 2 rings (SSSR count). The summed E-state index contributed by atoms with van der Waals surface area (Å²) in [5, 5.41) is 3.45. The monoisotopic (exact) mass is 269 g/mol. The summed E-state index contributed by atoms with van der Waals surface area (Å²) in [7, 11) is 2.11. The number of carbonyl (C=O) groups excluding carboxylic acids is 1. The zero-order valence-corrected chi connectivity index (χ0v) is 12.4. The largest absolute Gasteiger partial charge is 0.374 e. The molecule has 3 atom stereocenters. The van der Waals surface area contributed by atoms with Crippen LogP contribution in [0.2, 0.25) is 0 Å². The van der Waals surface area contributed by atoms with Gasteiger partial charge in [0.25, 0.3) is 0 Å². The minimum atomic E-state index is -0.00197. The molecule has 5 nitrogen and oxygen atoms in total. The molecule has 1 N–H and O–H groups in total. The van der Waals surface area contributed by atoms with Crippen LogP contribution in [0.3, 0.4) is 0 Å². The van der Waals surface area contributed by atoms with Crippen LogP contribution in [0.5, 0.6) is 0 Å². The molecule has 0 spiro atoms. The first-order valence-corrected chi connectivity index (χ1v) is 7.52. The van der Waals surface area contributed by atoms with Crippen LogP contribution < -0.4 is 5.32 Å². The van der Waals surface area contributed by atoms with Gasteiger partial charge in [-0.1, -0.05) is 20.3 Å². The zero-order valence-electron chi connectivity index (χ0n) is 12.4. The van der Waals surface area contributed by atoms with Gasteiger partial charge in [-0.05, 0) is 19.9 Å². The molecule has 3 unspecified atom stereocenters. The second-order valence-corrected chi connectivity index (χ2v) is 5.68. The van der Waals surface area contributed by atoms with Crippen LogP contribution in [0.1, 0.15) is 33.1 Å². The maximum atomic E-state index is 12.4. The second kappa shape index (κ2) is 6.68. The first-order valence-electron chi connectivity index (χ1n) is 7.52. The highest BCUT2D eigenvalue weighted by atomic mass is 16.5. The van der Waals surface area contributed by atoms with E-state index in [2.05, 4.69) is 31.1 Å². The summed E-state index contributed by atoms with van der Waals surface area (Å²) >= 11 is 0. The minimum absolute atomic E-state index is 0.00197. The van der Waals surface area contributed by atoms with Crippen molar-refractivity contribution in [3.05, 3.63) is 0 Å². The SMILES string of the molecule is CCCC1NC(CC)C(=O)N1CC1CN(C)CCO1. The summed E-state index contributed by atoms with van der Waals surface area (Å²) in [6, 6.07) is -0.00197. The van der Waals surface area contributed by atoms with E-state index in [4.69, 9.17) is 4.74 Å². The van der Waals surface area contributed by atoms with Crippen molar-refractivity contribution in [1.29, 1.82) is 0 Å². The van der Waals surface area contributed by atoms with Crippen molar-refractivity contribution >= 4 is 5.91 Å². The van der Waals surface area contributed by atoms with Crippen LogP contribution in [-0.2, 0) is 9.53 Å². The molecule has 19 heavy (non-hydrogen) atoms. The maximum Gasteiger partial charge on any atom is 0.241 e. The number of amides is 1. The molecule has 0 aromatic carbocycles. The van der Waals surface area contributed by atoms with Gasteiger partial charge in [-0.25, -0.2) is 0 Å². The Morgan fingerprint density at radius 3 is 2.84 bits per heavy atom. The minimum Gasteiger partial charge on any atom is -0.374 e. The van der Waals surface area contributed by atoms with E-state index in [0.29, 0.717) is 0 Å². The highest BCUT2D eigenvalue weighted by Gasteiger charge is 2.38. The smallest absolute Gasteiger partial charge is 0.241 e. The van der Waals surface area contributed by atoms with Gasteiger partial charge in [0.15, 0.2) is 0 Å². The lowest BCUT2D eigenvalue weighted by Crippen LogP contribution is -2.49. The van der Waals surface area contributed by atoms with Crippen LogP contribution in [0, 0.1) is 0 Å². The molecule has 110 valence electrons. The number of hydrogen-bond acceptors (Lipinski definition) is 4. The predicted molar refractivity (Wildman–Crippen MR) is 74.9 cm³/mol. The Hall–Kier alpha value is -0.650. The summed E-state index contributed by atoms with van der Waals surface area (Å²) in [4.78, 5) is 16.6. The number of carbonyl (C=O) groups is 1. The van der Waals surface area contributed by atoms with Gasteiger partial charge in [0, 0.05) is 19.6 Å². The Balaban J connectivity index is 1.96. The molecule has 0 aromatic heterocycles. The number of likely N-dealkylation sites (N-methyl/N-ethyl adjacent to an activating group) is 1. The molecule has 5 heteroatoms. The Bertz CT molecular complexity index is 311. The van der Waals surface area contributed by atoms with Crippen LogP contribution in [-0.4, -0.2) is 67.3 Å². The van der Waals surface area contributed by atoms with Crippen molar-refractivity contribution in [2.75, 3.05) is 33.3 Å². The van der Waals surface area contributed by atoms with Crippen LogP contribution in [0.15, 0.2) is 0 Å². The van der Waals surface area contributed by atoms with Crippen molar-refractivity contribution < 1.29 is 9.53 Å². The van der Waals surface area contributed by atoms with Gasteiger partial charge in [0.05, 0.1) is 24.9 Å². The molecule has 1 amide bonds. The summed E-state index contributed by atoms with van der Waals surface area (Å²) < 4.78 is 5.79. The molecule has 0 aliphatic carbocycles. The quantitative estimate of drug-likeness (QED) is 0.796. The lowest BCUT2D eigenvalue weighted by Gasteiger charge is -2.34. The van der Waals surface area contributed by atoms with Crippen molar-refractivity contribution in [2.45, 2.75) is 51.4 Å². The Morgan fingerprint density at radius 1 is 1.42 bits per heavy atom. The average molecular weight is 269 g/mol. The Kier molecular flexibility index (Phi) is 5.19. The number of rotatable bonds is 5. The fourth-order valence-corrected chi connectivity index (χ4v) is 2.97. The van der Waals surface area contributed by atoms with E-state index in [0.717, 1.165) is 45.5 Å². The third-order valence-corrected chi connectivity index (χ3v) is 4.06. The third kappa shape index (κ3) is 3.46. The number of morpholine rings is 1. The molecule has 2 fully saturated rings. The summed E-state index contributed by atoms with van der Waals surface area (Å²) in [5.41, 5.74) is 0. The first-order chi connectivity index (χ1) is 9.15. The Morgan fingerprint density at radius 2 is 2.21 bits per heavy atom. The van der Waals surface area contributed by atoms with Gasteiger partial charge in [0.2, 0.25) is 5.91 Å². The van der Waals surface area contributed by atoms with Crippen molar-refractivity contribution in [3.8, 4) is 0 Å². The molecular weight excluding hydrogens is 242 g/mol. The molecule has 0 bridgehead atoms. The molecule has 0 saturated carbocycles. The fraction of sp³-hybridized carbons (Fsp3) is 0.929. The van der Waals surface area contributed by atoms with E-state index >= 15 is 0 Å². The summed E-state index contributed by atoms with van der Waals surface area (Å²) in [6.45, 7) is 7.61. The second-order valence-electron chi connectivity index (χ2n) is 5.68. The van der Waals surface area contributed by atoms with E-state index in [-0.39, 0.29) is 24.2 Å². The van der Waals surface area contributed by atoms with E-state index < -0.39 is 0 Å². The normalized spacial score (nSPS) is 33.1. The maximum absolute atomic E-state index is 12.4. The lowest BCUT2D eigenvalue weighted by molar-refractivity contribution is -0.133. The van der Waals surface area contributed by atoms with Gasteiger partial charge in [-0.2, -0.15) is 0 Å².